The number of urea groups is 1. The Morgan fingerprint density at radius 1 is 1.47 bits per heavy atom. The van der Waals surface area contributed by atoms with E-state index < -0.39 is 0 Å². The van der Waals surface area contributed by atoms with Crippen molar-refractivity contribution in [3.63, 3.8) is 0 Å². The Labute approximate surface area is 114 Å². The Morgan fingerprint density at radius 3 is 2.89 bits per heavy atom. The predicted molar refractivity (Wildman–Crippen MR) is 76.1 cm³/mol. The number of nitrogens with zero attached hydrogens (tertiary/aromatic N) is 1. The summed E-state index contributed by atoms with van der Waals surface area (Å²) in [7, 11) is 0. The van der Waals surface area contributed by atoms with Crippen LogP contribution in [0, 0.1) is 12.8 Å². The molecule has 0 radical (unpaired) electrons. The summed E-state index contributed by atoms with van der Waals surface area (Å²) in [5.41, 5.74) is 1.60. The molecule has 0 saturated carbocycles. The number of amides is 2. The zero-order chi connectivity index (χ0) is 14.1. The fourth-order valence-electron chi connectivity index (χ4n) is 1.97. The van der Waals surface area contributed by atoms with E-state index in [1.807, 2.05) is 13.0 Å². The van der Waals surface area contributed by atoms with E-state index in [0.717, 1.165) is 30.6 Å². The molecule has 1 rings (SSSR count). The number of aromatic nitrogens is 1. The number of carbonyl (C=O) groups excluding carboxylic acids is 1. The number of rotatable bonds is 7. The van der Waals surface area contributed by atoms with Gasteiger partial charge in [0.25, 0.3) is 0 Å². The van der Waals surface area contributed by atoms with Crippen LogP contribution in [-0.2, 0) is 0 Å². The number of anilines is 1. The molecule has 0 spiro atoms. The number of aliphatic hydroxyl groups is 1. The third-order valence-electron chi connectivity index (χ3n) is 2.94. The molecule has 5 nitrogen and oxygen atoms in total. The second kappa shape index (κ2) is 8.48. The highest BCUT2D eigenvalue weighted by Crippen LogP contribution is 2.10. The Bertz CT molecular complexity index is 390. The Hall–Kier alpha value is -1.62. The van der Waals surface area contributed by atoms with Crippen LogP contribution >= 0.6 is 0 Å². The van der Waals surface area contributed by atoms with Crippen molar-refractivity contribution in [2.75, 3.05) is 18.5 Å². The summed E-state index contributed by atoms with van der Waals surface area (Å²) in [6.45, 7) is 4.73. The number of pyridine rings is 1. The van der Waals surface area contributed by atoms with E-state index in [-0.39, 0.29) is 12.6 Å². The van der Waals surface area contributed by atoms with Gasteiger partial charge in [0.05, 0.1) is 0 Å². The van der Waals surface area contributed by atoms with Crippen LogP contribution in [0.1, 0.15) is 31.9 Å². The summed E-state index contributed by atoms with van der Waals surface area (Å²) in [4.78, 5) is 15.8. The van der Waals surface area contributed by atoms with Crippen LogP contribution in [0.15, 0.2) is 18.3 Å². The Balaban J connectivity index is 2.38. The van der Waals surface area contributed by atoms with Crippen LogP contribution in [0.5, 0.6) is 0 Å². The van der Waals surface area contributed by atoms with E-state index in [9.17, 15) is 4.79 Å². The second-order valence-electron chi connectivity index (χ2n) is 4.69. The van der Waals surface area contributed by atoms with Gasteiger partial charge in [0.1, 0.15) is 0 Å². The summed E-state index contributed by atoms with van der Waals surface area (Å²) in [5.74, 6) is 0.333. The van der Waals surface area contributed by atoms with E-state index in [2.05, 4.69) is 22.5 Å². The first-order valence-corrected chi connectivity index (χ1v) is 6.74. The summed E-state index contributed by atoms with van der Waals surface area (Å²) < 4.78 is 0. The molecule has 2 amide bonds. The van der Waals surface area contributed by atoms with Gasteiger partial charge in [-0.2, -0.15) is 0 Å². The van der Waals surface area contributed by atoms with Gasteiger partial charge in [-0.25, -0.2) is 4.79 Å². The van der Waals surface area contributed by atoms with E-state index >= 15 is 0 Å². The van der Waals surface area contributed by atoms with Gasteiger partial charge in [0.2, 0.25) is 0 Å². The summed E-state index contributed by atoms with van der Waals surface area (Å²) in [6.07, 6.45) is 4.45. The molecule has 1 unspecified atom stereocenters. The molecule has 5 heteroatoms. The van der Waals surface area contributed by atoms with Gasteiger partial charge in [0, 0.05) is 30.7 Å². The highest BCUT2D eigenvalue weighted by Gasteiger charge is 2.09. The van der Waals surface area contributed by atoms with Crippen molar-refractivity contribution in [2.24, 2.45) is 5.92 Å². The molecule has 0 aliphatic carbocycles. The molecule has 106 valence electrons. The molecule has 0 fully saturated rings. The first-order chi connectivity index (χ1) is 9.15. The normalized spacial score (nSPS) is 11.9. The molecule has 0 aromatic carbocycles. The SMILES string of the molecule is CCCC(CCO)CNC(=O)Nc1ccnc(C)c1. The molecule has 1 aromatic rings. The van der Waals surface area contributed by atoms with Crippen molar-refractivity contribution >= 4 is 11.7 Å². The first-order valence-electron chi connectivity index (χ1n) is 6.74. The average molecular weight is 265 g/mol. The summed E-state index contributed by atoms with van der Waals surface area (Å²) in [5, 5.41) is 14.6. The van der Waals surface area contributed by atoms with Gasteiger partial charge < -0.3 is 15.7 Å². The van der Waals surface area contributed by atoms with E-state index in [1.54, 1.807) is 12.3 Å². The minimum atomic E-state index is -0.218. The lowest BCUT2D eigenvalue weighted by atomic mass is 10.0. The van der Waals surface area contributed by atoms with E-state index in [1.165, 1.54) is 0 Å². The molecule has 3 N–H and O–H groups in total. The molecule has 0 aliphatic heterocycles. The monoisotopic (exact) mass is 265 g/mol. The average Bonchev–Trinajstić information content (AvgIpc) is 2.36. The maximum Gasteiger partial charge on any atom is 0.319 e. The third-order valence-corrected chi connectivity index (χ3v) is 2.94. The van der Waals surface area contributed by atoms with Gasteiger partial charge in [-0.05, 0) is 37.8 Å². The molecule has 19 heavy (non-hydrogen) atoms. The number of hydrogen-bond donors (Lipinski definition) is 3. The predicted octanol–water partition coefficient (Wildman–Crippen LogP) is 2.31. The number of aryl methyl sites for hydroxylation is 1. The van der Waals surface area contributed by atoms with E-state index in [4.69, 9.17) is 5.11 Å². The summed E-state index contributed by atoms with van der Waals surface area (Å²) >= 11 is 0. The topological polar surface area (TPSA) is 74.2 Å². The fraction of sp³-hybridized carbons (Fsp3) is 0.571. The molecule has 1 atom stereocenters. The lowest BCUT2D eigenvalue weighted by molar-refractivity contribution is 0.237. The van der Waals surface area contributed by atoms with Crippen LogP contribution in [-0.4, -0.2) is 29.3 Å². The highest BCUT2D eigenvalue weighted by atomic mass is 16.3. The molecule has 0 bridgehead atoms. The standard InChI is InChI=1S/C14H23N3O2/c1-3-4-12(6-8-18)10-16-14(19)17-13-5-7-15-11(2)9-13/h5,7,9,12,18H,3-4,6,8,10H2,1-2H3,(H2,15,16,17,19). The maximum atomic E-state index is 11.7. The Morgan fingerprint density at radius 2 is 2.26 bits per heavy atom. The highest BCUT2D eigenvalue weighted by molar-refractivity contribution is 5.89. The lowest BCUT2D eigenvalue weighted by Crippen LogP contribution is -2.33. The van der Waals surface area contributed by atoms with Crippen LogP contribution in [0.3, 0.4) is 0 Å². The minimum Gasteiger partial charge on any atom is -0.396 e. The minimum absolute atomic E-state index is 0.164. The van der Waals surface area contributed by atoms with Crippen molar-refractivity contribution in [1.82, 2.24) is 10.3 Å². The largest absolute Gasteiger partial charge is 0.396 e. The van der Waals surface area contributed by atoms with Gasteiger partial charge in [-0.3, -0.25) is 4.98 Å². The molecule has 1 heterocycles. The van der Waals surface area contributed by atoms with Crippen molar-refractivity contribution < 1.29 is 9.90 Å². The van der Waals surface area contributed by atoms with Crippen LogP contribution in [0.4, 0.5) is 10.5 Å². The smallest absolute Gasteiger partial charge is 0.319 e. The molecular formula is C14H23N3O2. The number of aliphatic hydroxyl groups excluding tert-OH is 1. The van der Waals surface area contributed by atoms with Crippen LogP contribution < -0.4 is 10.6 Å². The van der Waals surface area contributed by atoms with Gasteiger partial charge in [-0.1, -0.05) is 13.3 Å². The number of hydrogen-bond acceptors (Lipinski definition) is 3. The zero-order valence-corrected chi connectivity index (χ0v) is 11.6. The second-order valence-corrected chi connectivity index (χ2v) is 4.69. The zero-order valence-electron chi connectivity index (χ0n) is 11.6. The molecule has 0 aliphatic rings. The number of carbonyl (C=O) groups is 1. The van der Waals surface area contributed by atoms with Gasteiger partial charge in [0.15, 0.2) is 0 Å². The maximum absolute atomic E-state index is 11.7. The van der Waals surface area contributed by atoms with Crippen LogP contribution in [0.25, 0.3) is 0 Å². The van der Waals surface area contributed by atoms with Gasteiger partial charge >= 0.3 is 6.03 Å². The lowest BCUT2D eigenvalue weighted by Gasteiger charge is -2.16. The quantitative estimate of drug-likeness (QED) is 0.708. The Kier molecular flexibility index (Phi) is 6.89. The molecule has 1 aromatic heterocycles. The number of nitrogens with one attached hydrogen (secondary N) is 2. The van der Waals surface area contributed by atoms with E-state index in [0.29, 0.717) is 12.5 Å². The van der Waals surface area contributed by atoms with Gasteiger partial charge in [-0.15, -0.1) is 0 Å². The van der Waals surface area contributed by atoms with Crippen molar-refractivity contribution in [3.8, 4) is 0 Å². The molecule has 0 saturated heterocycles. The first kappa shape index (κ1) is 15.4. The van der Waals surface area contributed by atoms with Crippen molar-refractivity contribution in [1.29, 1.82) is 0 Å². The fourth-order valence-corrected chi connectivity index (χ4v) is 1.97. The summed E-state index contributed by atoms with van der Waals surface area (Å²) in [6, 6.07) is 3.35. The van der Waals surface area contributed by atoms with Crippen molar-refractivity contribution in [2.45, 2.75) is 33.1 Å². The van der Waals surface area contributed by atoms with Crippen molar-refractivity contribution in [3.05, 3.63) is 24.0 Å². The third kappa shape index (κ3) is 6.20. The van der Waals surface area contributed by atoms with Crippen LogP contribution in [0.2, 0.25) is 0 Å². The molecular weight excluding hydrogens is 242 g/mol.